The minimum atomic E-state index is 0. The summed E-state index contributed by atoms with van der Waals surface area (Å²) in [6, 6.07) is 10.8. The Morgan fingerprint density at radius 1 is 1.30 bits per heavy atom. The monoisotopic (exact) mass is 338 g/mol. The zero-order valence-electron chi connectivity index (χ0n) is 13.6. The van der Waals surface area contributed by atoms with Crippen LogP contribution >= 0.6 is 12.4 Å². The number of nitrogens with one attached hydrogen (secondary N) is 1. The molecule has 1 N–H and O–H groups in total. The van der Waals surface area contributed by atoms with Crippen molar-refractivity contribution in [2.75, 3.05) is 32.8 Å². The third kappa shape index (κ3) is 5.48. The second-order valence-corrected chi connectivity index (χ2v) is 6.47. The van der Waals surface area contributed by atoms with E-state index < -0.39 is 0 Å². The molecule has 0 aliphatic carbocycles. The van der Waals surface area contributed by atoms with Gasteiger partial charge in [0.25, 0.3) is 0 Å². The number of piperidine rings is 1. The minimum Gasteiger partial charge on any atom is -0.378 e. The van der Waals surface area contributed by atoms with E-state index in [4.69, 9.17) is 4.74 Å². The van der Waals surface area contributed by atoms with Gasteiger partial charge in [-0.25, -0.2) is 0 Å². The van der Waals surface area contributed by atoms with Crippen molar-refractivity contribution in [2.24, 2.45) is 5.92 Å². The van der Waals surface area contributed by atoms with E-state index in [1.54, 1.807) is 0 Å². The maximum Gasteiger partial charge on any atom is 0.224 e. The third-order valence-corrected chi connectivity index (χ3v) is 4.66. The van der Waals surface area contributed by atoms with E-state index in [-0.39, 0.29) is 24.4 Å². The Morgan fingerprint density at radius 3 is 2.87 bits per heavy atom. The number of halogens is 1. The van der Waals surface area contributed by atoms with Gasteiger partial charge in [-0.15, -0.1) is 12.4 Å². The molecule has 0 radical (unpaired) electrons. The van der Waals surface area contributed by atoms with Crippen molar-refractivity contribution in [3.63, 3.8) is 0 Å². The molecule has 2 heterocycles. The summed E-state index contributed by atoms with van der Waals surface area (Å²) in [5.41, 5.74) is 1.38. The summed E-state index contributed by atoms with van der Waals surface area (Å²) >= 11 is 0. The summed E-state index contributed by atoms with van der Waals surface area (Å²) in [5, 5.41) is 3.37. The van der Waals surface area contributed by atoms with Crippen LogP contribution in [0.4, 0.5) is 0 Å². The molecular formula is C18H27ClN2O2. The highest BCUT2D eigenvalue weighted by atomic mass is 35.5. The van der Waals surface area contributed by atoms with E-state index in [2.05, 4.69) is 40.5 Å². The Bertz CT molecular complexity index is 477. The van der Waals surface area contributed by atoms with Gasteiger partial charge in [-0.05, 0) is 30.7 Å². The molecule has 2 saturated heterocycles. The first-order valence-electron chi connectivity index (χ1n) is 8.44. The summed E-state index contributed by atoms with van der Waals surface area (Å²) in [6.07, 6.45) is 3.99. The Kier molecular flexibility index (Phi) is 7.34. The van der Waals surface area contributed by atoms with E-state index in [0.29, 0.717) is 18.9 Å². The summed E-state index contributed by atoms with van der Waals surface area (Å²) in [4.78, 5) is 14.6. The first-order chi connectivity index (χ1) is 10.8. The van der Waals surface area contributed by atoms with Crippen LogP contribution in [0.3, 0.4) is 0 Å². The molecule has 4 nitrogen and oxygen atoms in total. The van der Waals surface area contributed by atoms with Crippen LogP contribution in [0.1, 0.15) is 24.8 Å². The van der Waals surface area contributed by atoms with E-state index in [1.807, 2.05) is 0 Å². The summed E-state index contributed by atoms with van der Waals surface area (Å²) in [5.74, 6) is 0.872. The lowest BCUT2D eigenvalue weighted by atomic mass is 9.91. The average Bonchev–Trinajstić information content (AvgIpc) is 2.57. The normalized spacial score (nSPS) is 24.8. The number of ether oxygens (including phenoxy) is 1. The number of nitrogens with zero attached hydrogens (tertiary/aromatic N) is 1. The maximum atomic E-state index is 12.5. The van der Waals surface area contributed by atoms with E-state index in [1.165, 1.54) is 12.0 Å². The van der Waals surface area contributed by atoms with Crippen LogP contribution in [0.2, 0.25) is 0 Å². The lowest BCUT2D eigenvalue weighted by molar-refractivity contribution is -0.134. The number of carbonyl (C=O) groups excluding carboxylic acids is 1. The molecule has 2 unspecified atom stereocenters. The highest BCUT2D eigenvalue weighted by Crippen LogP contribution is 2.21. The molecule has 0 aromatic heterocycles. The van der Waals surface area contributed by atoms with E-state index in [0.717, 1.165) is 39.1 Å². The van der Waals surface area contributed by atoms with Crippen LogP contribution < -0.4 is 5.32 Å². The van der Waals surface area contributed by atoms with Gasteiger partial charge in [0.1, 0.15) is 0 Å². The number of benzene rings is 1. The fourth-order valence-corrected chi connectivity index (χ4v) is 3.50. The molecule has 1 aromatic rings. The van der Waals surface area contributed by atoms with Crippen molar-refractivity contribution in [3.8, 4) is 0 Å². The highest BCUT2D eigenvalue weighted by molar-refractivity contribution is 5.85. The van der Waals surface area contributed by atoms with Gasteiger partial charge in [0.05, 0.1) is 13.2 Å². The van der Waals surface area contributed by atoms with Crippen LogP contribution in [-0.4, -0.2) is 49.7 Å². The summed E-state index contributed by atoms with van der Waals surface area (Å²) < 4.78 is 5.44. The third-order valence-electron chi connectivity index (χ3n) is 4.66. The second kappa shape index (κ2) is 9.26. The Morgan fingerprint density at radius 2 is 2.13 bits per heavy atom. The predicted octanol–water partition coefficient (Wildman–Crippen LogP) is 2.27. The molecule has 1 aromatic carbocycles. The van der Waals surface area contributed by atoms with Crippen molar-refractivity contribution < 1.29 is 9.53 Å². The van der Waals surface area contributed by atoms with Crippen LogP contribution in [0.5, 0.6) is 0 Å². The minimum absolute atomic E-state index is 0. The molecular weight excluding hydrogens is 312 g/mol. The van der Waals surface area contributed by atoms with Crippen LogP contribution in [0, 0.1) is 5.92 Å². The van der Waals surface area contributed by atoms with Gasteiger partial charge in [-0.1, -0.05) is 30.3 Å². The molecule has 2 aliphatic rings. The van der Waals surface area contributed by atoms with Crippen molar-refractivity contribution in [1.82, 2.24) is 10.2 Å². The molecule has 2 atom stereocenters. The second-order valence-electron chi connectivity index (χ2n) is 6.47. The number of amides is 1. The first kappa shape index (κ1) is 18.2. The van der Waals surface area contributed by atoms with Crippen molar-refractivity contribution in [3.05, 3.63) is 35.9 Å². The van der Waals surface area contributed by atoms with Crippen LogP contribution in [0.15, 0.2) is 30.3 Å². The first-order valence-corrected chi connectivity index (χ1v) is 8.44. The molecule has 2 fully saturated rings. The highest BCUT2D eigenvalue weighted by Gasteiger charge is 2.26. The van der Waals surface area contributed by atoms with E-state index in [9.17, 15) is 4.79 Å². The average molecular weight is 339 g/mol. The molecule has 0 bridgehead atoms. The smallest absolute Gasteiger partial charge is 0.224 e. The molecule has 3 rings (SSSR count). The number of rotatable bonds is 4. The topological polar surface area (TPSA) is 41.6 Å². The largest absolute Gasteiger partial charge is 0.378 e. The van der Waals surface area contributed by atoms with Gasteiger partial charge in [0, 0.05) is 32.1 Å². The Labute approximate surface area is 145 Å². The van der Waals surface area contributed by atoms with Crippen LogP contribution in [-0.2, 0) is 16.0 Å². The number of carbonyl (C=O) groups is 1. The van der Waals surface area contributed by atoms with Crippen molar-refractivity contribution in [1.29, 1.82) is 0 Å². The lowest BCUT2D eigenvalue weighted by Crippen LogP contribution is -2.47. The van der Waals surface area contributed by atoms with Gasteiger partial charge in [-0.2, -0.15) is 0 Å². The van der Waals surface area contributed by atoms with Gasteiger partial charge in [0.15, 0.2) is 0 Å². The van der Waals surface area contributed by atoms with Gasteiger partial charge < -0.3 is 15.0 Å². The number of hydrogen-bond acceptors (Lipinski definition) is 3. The number of morpholine rings is 1. The molecule has 0 spiro atoms. The molecule has 0 saturated carbocycles. The van der Waals surface area contributed by atoms with E-state index >= 15 is 0 Å². The fraction of sp³-hybridized carbons (Fsp3) is 0.611. The summed E-state index contributed by atoms with van der Waals surface area (Å²) in [6.45, 7) is 4.09. The standard InChI is InChI=1S/C18H26N2O2.ClH/c21-18(12-17-14-22-10-8-19-17)20-9-4-7-16(13-20)11-15-5-2-1-3-6-15;/h1-3,5-6,16-17,19H,4,7-14H2;1H. The zero-order valence-corrected chi connectivity index (χ0v) is 14.4. The van der Waals surface area contributed by atoms with Crippen LogP contribution in [0.25, 0.3) is 0 Å². The van der Waals surface area contributed by atoms with Crippen molar-refractivity contribution >= 4 is 18.3 Å². The molecule has 1 amide bonds. The molecule has 128 valence electrons. The number of likely N-dealkylation sites (tertiary alicyclic amines) is 1. The molecule has 5 heteroatoms. The van der Waals surface area contributed by atoms with Gasteiger partial charge in [-0.3, -0.25) is 4.79 Å². The predicted molar refractivity (Wildman–Crippen MR) is 93.9 cm³/mol. The molecule has 2 aliphatic heterocycles. The SMILES string of the molecule is Cl.O=C(CC1COCCN1)N1CCCC(Cc2ccccc2)C1. The Hall–Kier alpha value is -1.10. The molecule has 23 heavy (non-hydrogen) atoms. The summed E-state index contributed by atoms with van der Waals surface area (Å²) in [7, 11) is 0. The fourth-order valence-electron chi connectivity index (χ4n) is 3.50. The lowest BCUT2D eigenvalue weighted by Gasteiger charge is -2.34. The van der Waals surface area contributed by atoms with Gasteiger partial charge in [0.2, 0.25) is 5.91 Å². The zero-order chi connectivity index (χ0) is 15.2. The quantitative estimate of drug-likeness (QED) is 0.915. The van der Waals surface area contributed by atoms with Gasteiger partial charge >= 0.3 is 0 Å². The van der Waals surface area contributed by atoms with Crippen molar-refractivity contribution in [2.45, 2.75) is 31.7 Å². The number of hydrogen-bond donors (Lipinski definition) is 1. The maximum absolute atomic E-state index is 12.5. The Balaban J connectivity index is 0.00000192.